The molecule has 49 heavy (non-hydrogen) atoms. The number of hydrogen-bond donors (Lipinski definition) is 1. The first kappa shape index (κ1) is 36.2. The zero-order chi connectivity index (χ0) is 35.9. The standard InChI is InChI=1S/C32H36F9N7O/c1-3-24-15-27(48(29-43-45-46(2)44-29)17-20-10-22(31(36,37)38)13-23(11-20)32(39,40)41)25-14-21(30(33,34)35)8-9-26(25)47(24)16-19-6-4-18(5-7-19)12-28(42)49/h8-11,13-14,18-19,24,27H,3-7,12,15-17H2,1-2H3,(H2,42,49)/t18-,19-,24-,27?/m1/s1. The molecule has 2 aliphatic rings. The second-order valence-electron chi connectivity index (χ2n) is 12.9. The lowest BCUT2D eigenvalue weighted by Gasteiger charge is -2.47. The predicted octanol–water partition coefficient (Wildman–Crippen LogP) is 7.68. The molecule has 1 aliphatic carbocycles. The van der Waals surface area contributed by atoms with Crippen molar-refractivity contribution in [1.29, 1.82) is 0 Å². The Morgan fingerprint density at radius 3 is 1.98 bits per heavy atom. The third kappa shape index (κ3) is 8.40. The number of carbonyl (C=O) groups excluding carboxylic acids is 1. The number of rotatable bonds is 9. The maximum Gasteiger partial charge on any atom is 0.416 e. The highest BCUT2D eigenvalue weighted by molar-refractivity contribution is 5.74. The molecule has 17 heteroatoms. The molecule has 2 heterocycles. The Bertz CT molecular complexity index is 1600. The van der Waals surface area contributed by atoms with Crippen molar-refractivity contribution in [2.75, 3.05) is 16.3 Å². The van der Waals surface area contributed by atoms with Gasteiger partial charge in [-0.3, -0.25) is 4.79 Å². The number of primary amides is 1. The van der Waals surface area contributed by atoms with Gasteiger partial charge in [0, 0.05) is 31.2 Å². The van der Waals surface area contributed by atoms with Crippen LogP contribution in [0.5, 0.6) is 0 Å². The first-order valence-corrected chi connectivity index (χ1v) is 15.9. The van der Waals surface area contributed by atoms with Crippen LogP contribution in [0.25, 0.3) is 0 Å². The fraction of sp³-hybridized carbons (Fsp3) is 0.562. The number of fused-ring (bicyclic) bond motifs is 1. The molecule has 1 saturated carbocycles. The second-order valence-corrected chi connectivity index (χ2v) is 12.9. The van der Waals surface area contributed by atoms with Crippen molar-refractivity contribution in [3.8, 4) is 0 Å². The van der Waals surface area contributed by atoms with Crippen molar-refractivity contribution in [3.05, 3.63) is 64.2 Å². The molecule has 1 aromatic heterocycles. The van der Waals surface area contributed by atoms with Crippen LogP contribution in [0, 0.1) is 11.8 Å². The molecule has 5 rings (SSSR count). The van der Waals surface area contributed by atoms with Crippen LogP contribution >= 0.6 is 0 Å². The van der Waals surface area contributed by atoms with Gasteiger partial charge in [-0.2, -0.15) is 44.3 Å². The zero-order valence-electron chi connectivity index (χ0n) is 26.7. The number of nitrogens with zero attached hydrogens (tertiary/aromatic N) is 6. The van der Waals surface area contributed by atoms with Crippen molar-refractivity contribution in [3.63, 3.8) is 0 Å². The number of anilines is 2. The van der Waals surface area contributed by atoms with Gasteiger partial charge in [-0.25, -0.2) is 0 Å². The van der Waals surface area contributed by atoms with E-state index in [1.54, 1.807) is 0 Å². The Balaban J connectivity index is 1.58. The molecule has 2 aromatic carbocycles. The average Bonchev–Trinajstić information content (AvgIpc) is 3.45. The quantitative estimate of drug-likeness (QED) is 0.230. The summed E-state index contributed by atoms with van der Waals surface area (Å²) in [6.45, 7) is 1.83. The number of carbonyl (C=O) groups is 1. The highest BCUT2D eigenvalue weighted by Gasteiger charge is 2.42. The number of tetrazole rings is 1. The van der Waals surface area contributed by atoms with Gasteiger partial charge in [-0.15, -0.1) is 5.10 Å². The van der Waals surface area contributed by atoms with Gasteiger partial charge in [0.2, 0.25) is 5.91 Å². The number of hydrogen-bond acceptors (Lipinski definition) is 6. The molecule has 0 spiro atoms. The monoisotopic (exact) mass is 705 g/mol. The lowest BCUT2D eigenvalue weighted by atomic mass is 9.79. The van der Waals surface area contributed by atoms with Crippen LogP contribution in [-0.2, 0) is 36.9 Å². The van der Waals surface area contributed by atoms with Crippen LogP contribution in [0.15, 0.2) is 36.4 Å². The van der Waals surface area contributed by atoms with Gasteiger partial charge >= 0.3 is 18.5 Å². The highest BCUT2D eigenvalue weighted by Crippen LogP contribution is 2.47. The fourth-order valence-corrected chi connectivity index (χ4v) is 7.10. The molecule has 0 radical (unpaired) electrons. The van der Waals surface area contributed by atoms with Gasteiger partial charge in [0.25, 0.3) is 5.95 Å². The van der Waals surface area contributed by atoms with Crippen molar-refractivity contribution < 1.29 is 44.3 Å². The van der Waals surface area contributed by atoms with Gasteiger partial charge in [-0.1, -0.05) is 12.0 Å². The van der Waals surface area contributed by atoms with Crippen molar-refractivity contribution in [1.82, 2.24) is 20.2 Å². The maximum atomic E-state index is 14.1. The van der Waals surface area contributed by atoms with Gasteiger partial charge in [0.1, 0.15) is 0 Å². The van der Waals surface area contributed by atoms with Gasteiger partial charge in [0.15, 0.2) is 0 Å². The number of aryl methyl sites for hydroxylation is 1. The summed E-state index contributed by atoms with van der Waals surface area (Å²) in [6.07, 6.45) is -10.8. The summed E-state index contributed by atoms with van der Waals surface area (Å²) in [4.78, 5) is 15.9. The minimum atomic E-state index is -5.10. The molecule has 268 valence electrons. The Morgan fingerprint density at radius 2 is 1.47 bits per heavy atom. The minimum Gasteiger partial charge on any atom is -0.370 e. The maximum absolute atomic E-state index is 14.1. The number of aromatic nitrogens is 4. The van der Waals surface area contributed by atoms with E-state index >= 15 is 0 Å². The third-order valence-corrected chi connectivity index (χ3v) is 9.47. The van der Waals surface area contributed by atoms with Gasteiger partial charge in [0.05, 0.1) is 29.8 Å². The van der Waals surface area contributed by atoms with E-state index in [1.807, 2.05) is 6.92 Å². The second kappa shape index (κ2) is 13.7. The van der Waals surface area contributed by atoms with Crippen LogP contribution in [0.2, 0.25) is 0 Å². The van der Waals surface area contributed by atoms with Crippen LogP contribution in [0.1, 0.15) is 85.7 Å². The van der Waals surface area contributed by atoms with Crippen LogP contribution < -0.4 is 15.5 Å². The number of halogens is 9. The lowest BCUT2D eigenvalue weighted by molar-refractivity contribution is -0.143. The van der Waals surface area contributed by atoms with Crippen molar-refractivity contribution in [2.45, 2.75) is 89.0 Å². The summed E-state index contributed by atoms with van der Waals surface area (Å²) in [5, 5.41) is 11.9. The molecule has 0 saturated heterocycles. The predicted molar refractivity (Wildman–Crippen MR) is 161 cm³/mol. The Morgan fingerprint density at radius 1 is 0.878 bits per heavy atom. The van der Waals surface area contributed by atoms with Crippen LogP contribution in [-0.4, -0.2) is 38.7 Å². The smallest absolute Gasteiger partial charge is 0.370 e. The van der Waals surface area contributed by atoms with E-state index in [1.165, 1.54) is 18.0 Å². The van der Waals surface area contributed by atoms with Crippen molar-refractivity contribution in [2.24, 2.45) is 24.6 Å². The van der Waals surface area contributed by atoms with Crippen molar-refractivity contribution >= 4 is 17.5 Å². The van der Waals surface area contributed by atoms with Crippen LogP contribution in [0.4, 0.5) is 51.1 Å². The summed E-state index contributed by atoms with van der Waals surface area (Å²) in [6, 6.07) is 3.30. The highest BCUT2D eigenvalue weighted by atomic mass is 19.4. The summed E-state index contributed by atoms with van der Waals surface area (Å²) >= 11 is 0. The SMILES string of the molecule is CC[C@@H]1CC(N(Cc2cc(C(F)(F)F)cc(C(F)(F)F)c2)c2nnn(C)n2)c2cc(C(F)(F)F)ccc2N1C[C@H]1CC[C@H](CC(N)=O)CC1. The molecule has 0 bridgehead atoms. The topological polar surface area (TPSA) is 93.2 Å². The molecule has 2 atom stereocenters. The summed E-state index contributed by atoms with van der Waals surface area (Å²) in [7, 11) is 1.41. The van der Waals surface area contributed by atoms with E-state index in [2.05, 4.69) is 20.3 Å². The van der Waals surface area contributed by atoms with Crippen LogP contribution in [0.3, 0.4) is 0 Å². The number of amides is 1. The first-order valence-electron chi connectivity index (χ1n) is 15.9. The average molecular weight is 706 g/mol. The normalized spacial score (nSPS) is 21.8. The zero-order valence-corrected chi connectivity index (χ0v) is 26.7. The molecule has 1 unspecified atom stereocenters. The molecule has 8 nitrogen and oxygen atoms in total. The van der Waals surface area contributed by atoms with E-state index in [-0.39, 0.29) is 53.3 Å². The molecular formula is C32H36F9N7O. The van der Waals surface area contributed by atoms with E-state index in [9.17, 15) is 44.3 Å². The Labute approximate surface area is 276 Å². The molecule has 3 aromatic rings. The molecule has 2 N–H and O–H groups in total. The lowest BCUT2D eigenvalue weighted by Crippen LogP contribution is -2.47. The Kier molecular flexibility index (Phi) is 10.1. The molecule has 1 fully saturated rings. The summed E-state index contributed by atoms with van der Waals surface area (Å²) in [5.41, 5.74) is 1.67. The minimum absolute atomic E-state index is 0.0201. The molecule has 1 amide bonds. The number of alkyl halides is 9. The fourth-order valence-electron chi connectivity index (χ4n) is 7.10. The third-order valence-electron chi connectivity index (χ3n) is 9.47. The summed E-state index contributed by atoms with van der Waals surface area (Å²) in [5.74, 6) is -0.191. The largest absolute Gasteiger partial charge is 0.416 e. The Hall–Kier alpha value is -4.05. The van der Waals surface area contributed by atoms with Gasteiger partial charge < -0.3 is 15.5 Å². The van der Waals surface area contributed by atoms with Gasteiger partial charge in [-0.05, 0) is 103 Å². The first-order chi connectivity index (χ1) is 22.8. The van der Waals surface area contributed by atoms with E-state index in [0.717, 1.165) is 42.6 Å². The van der Waals surface area contributed by atoms with E-state index in [0.29, 0.717) is 37.2 Å². The molecule has 1 aliphatic heterocycles. The molecular weight excluding hydrogens is 669 g/mol. The van der Waals surface area contributed by atoms with E-state index < -0.39 is 47.8 Å². The van der Waals surface area contributed by atoms with E-state index in [4.69, 9.17) is 5.73 Å². The summed E-state index contributed by atoms with van der Waals surface area (Å²) < 4.78 is 125. The number of nitrogens with two attached hydrogens (primary N) is 1. The number of benzene rings is 2.